The van der Waals surface area contributed by atoms with E-state index < -0.39 is 17.3 Å². The van der Waals surface area contributed by atoms with Gasteiger partial charge in [0.25, 0.3) is 0 Å². The zero-order valence-corrected chi connectivity index (χ0v) is 14.9. The average molecular weight is 366 g/mol. The Morgan fingerprint density at radius 2 is 1.96 bits per heavy atom. The molecular weight excluding hydrogens is 342 g/mol. The normalized spacial score (nSPS) is 20.7. The Bertz CT molecular complexity index is 638. The first-order chi connectivity index (χ1) is 12.0. The number of aliphatic carboxylic acids is 1. The van der Waals surface area contributed by atoms with Crippen LogP contribution in [-0.2, 0) is 20.7 Å². The summed E-state index contributed by atoms with van der Waals surface area (Å²) >= 11 is 6.21. The number of nitrogens with one attached hydrogen (secondary N) is 1. The summed E-state index contributed by atoms with van der Waals surface area (Å²) in [6.07, 6.45) is 3.71. The number of amides is 1. The minimum absolute atomic E-state index is 0.0503. The van der Waals surface area contributed by atoms with Crippen LogP contribution in [0.4, 0.5) is 0 Å². The number of rotatable bonds is 7. The van der Waals surface area contributed by atoms with Crippen molar-refractivity contribution in [1.82, 2.24) is 5.32 Å². The van der Waals surface area contributed by atoms with E-state index in [1.807, 2.05) is 24.3 Å². The summed E-state index contributed by atoms with van der Waals surface area (Å²) in [5.74, 6) is -1.39. The topological polar surface area (TPSA) is 75.6 Å². The van der Waals surface area contributed by atoms with Gasteiger partial charge in [0.2, 0.25) is 5.91 Å². The predicted molar refractivity (Wildman–Crippen MR) is 94.5 cm³/mol. The second-order valence-corrected chi connectivity index (χ2v) is 7.56. The Kier molecular flexibility index (Phi) is 5.64. The number of carboxylic acids is 1. The van der Waals surface area contributed by atoms with Crippen molar-refractivity contribution in [3.63, 3.8) is 0 Å². The Morgan fingerprint density at radius 3 is 2.56 bits per heavy atom. The number of halogens is 1. The molecule has 1 atom stereocenters. The van der Waals surface area contributed by atoms with Gasteiger partial charge < -0.3 is 15.2 Å². The van der Waals surface area contributed by atoms with Crippen LogP contribution < -0.4 is 5.32 Å². The highest BCUT2D eigenvalue weighted by atomic mass is 35.5. The van der Waals surface area contributed by atoms with Crippen molar-refractivity contribution >= 4 is 23.5 Å². The zero-order chi connectivity index (χ0) is 17.9. The van der Waals surface area contributed by atoms with E-state index in [0.29, 0.717) is 24.7 Å². The third-order valence-corrected chi connectivity index (χ3v) is 5.83. The lowest BCUT2D eigenvalue weighted by molar-refractivity contribution is -0.145. The van der Waals surface area contributed by atoms with Crippen molar-refractivity contribution in [3.8, 4) is 0 Å². The largest absolute Gasteiger partial charge is 0.481 e. The van der Waals surface area contributed by atoms with Crippen LogP contribution in [0.5, 0.6) is 0 Å². The molecular formula is C19H24ClNO4. The number of carbonyl (C=O) groups excluding carboxylic acids is 1. The van der Waals surface area contributed by atoms with E-state index in [1.165, 1.54) is 0 Å². The molecule has 1 aliphatic carbocycles. The number of carboxylic acid groups (broad SMARTS) is 1. The Morgan fingerprint density at radius 1 is 1.28 bits per heavy atom. The van der Waals surface area contributed by atoms with E-state index in [9.17, 15) is 14.7 Å². The maximum absolute atomic E-state index is 12.7. The van der Waals surface area contributed by atoms with Gasteiger partial charge in [-0.15, -0.1) is 0 Å². The number of carbonyl (C=O) groups is 2. The van der Waals surface area contributed by atoms with Gasteiger partial charge in [-0.1, -0.05) is 29.8 Å². The van der Waals surface area contributed by atoms with Crippen LogP contribution in [0.3, 0.4) is 0 Å². The summed E-state index contributed by atoms with van der Waals surface area (Å²) in [5, 5.41) is 13.1. The summed E-state index contributed by atoms with van der Waals surface area (Å²) < 4.78 is 5.30. The Hall–Kier alpha value is -1.59. The maximum atomic E-state index is 12.7. The lowest BCUT2D eigenvalue weighted by atomic mass is 9.85. The van der Waals surface area contributed by atoms with Gasteiger partial charge in [0.05, 0.1) is 11.3 Å². The van der Waals surface area contributed by atoms with Crippen LogP contribution in [0.1, 0.15) is 31.2 Å². The maximum Gasteiger partial charge on any atom is 0.308 e. The van der Waals surface area contributed by atoms with Crippen molar-refractivity contribution < 1.29 is 19.4 Å². The molecule has 1 saturated carbocycles. The van der Waals surface area contributed by atoms with E-state index in [-0.39, 0.29) is 18.4 Å². The summed E-state index contributed by atoms with van der Waals surface area (Å²) in [4.78, 5) is 24.3. The zero-order valence-electron chi connectivity index (χ0n) is 14.2. The van der Waals surface area contributed by atoms with E-state index in [1.54, 1.807) is 0 Å². The molecule has 1 unspecified atom stereocenters. The standard InChI is InChI=1S/C19H24ClNO4/c20-16-4-2-1-3-14(16)11-19(7-8-19)18(24)21-12-15(17(22)23)13-5-9-25-10-6-13/h1-4,13,15H,5-12H2,(H,21,24)(H,22,23). The van der Waals surface area contributed by atoms with E-state index >= 15 is 0 Å². The highest BCUT2D eigenvalue weighted by Gasteiger charge is 2.50. The van der Waals surface area contributed by atoms with Gasteiger partial charge in [-0.05, 0) is 49.7 Å². The number of hydrogen-bond acceptors (Lipinski definition) is 3. The van der Waals surface area contributed by atoms with Gasteiger partial charge in [-0.2, -0.15) is 0 Å². The first-order valence-corrected chi connectivity index (χ1v) is 9.22. The lowest BCUT2D eigenvalue weighted by Crippen LogP contribution is -2.42. The van der Waals surface area contributed by atoms with Crippen LogP contribution in [0, 0.1) is 17.3 Å². The van der Waals surface area contributed by atoms with Crippen LogP contribution >= 0.6 is 11.6 Å². The molecule has 25 heavy (non-hydrogen) atoms. The molecule has 0 radical (unpaired) electrons. The van der Waals surface area contributed by atoms with E-state index in [0.717, 1.165) is 31.2 Å². The first-order valence-electron chi connectivity index (χ1n) is 8.84. The molecule has 1 aliphatic heterocycles. The number of hydrogen-bond donors (Lipinski definition) is 2. The lowest BCUT2D eigenvalue weighted by Gasteiger charge is -2.28. The molecule has 3 rings (SSSR count). The molecule has 1 aromatic carbocycles. The third kappa shape index (κ3) is 4.33. The number of benzene rings is 1. The molecule has 2 aliphatic rings. The fourth-order valence-corrected chi connectivity index (χ4v) is 3.81. The fraction of sp³-hybridized carbons (Fsp3) is 0.579. The van der Waals surface area contributed by atoms with Crippen LogP contribution in [0.15, 0.2) is 24.3 Å². The van der Waals surface area contributed by atoms with Crippen LogP contribution in [0.2, 0.25) is 5.02 Å². The minimum Gasteiger partial charge on any atom is -0.481 e. The van der Waals surface area contributed by atoms with Gasteiger partial charge in [0.15, 0.2) is 0 Å². The van der Waals surface area contributed by atoms with Crippen molar-refractivity contribution in [1.29, 1.82) is 0 Å². The fourth-order valence-electron chi connectivity index (χ4n) is 3.61. The molecule has 0 bridgehead atoms. The van der Waals surface area contributed by atoms with Gasteiger partial charge in [0, 0.05) is 24.8 Å². The van der Waals surface area contributed by atoms with E-state index in [2.05, 4.69) is 5.32 Å². The molecule has 1 amide bonds. The molecule has 1 saturated heterocycles. The van der Waals surface area contributed by atoms with Gasteiger partial charge in [0.1, 0.15) is 0 Å². The molecule has 1 aromatic rings. The number of ether oxygens (including phenoxy) is 1. The molecule has 2 fully saturated rings. The van der Waals surface area contributed by atoms with Crippen molar-refractivity contribution in [2.75, 3.05) is 19.8 Å². The molecule has 0 spiro atoms. The first kappa shape index (κ1) is 18.2. The van der Waals surface area contributed by atoms with Crippen molar-refractivity contribution in [2.24, 2.45) is 17.3 Å². The Labute approximate surface area is 152 Å². The van der Waals surface area contributed by atoms with E-state index in [4.69, 9.17) is 16.3 Å². The second-order valence-electron chi connectivity index (χ2n) is 7.15. The molecule has 1 heterocycles. The third-order valence-electron chi connectivity index (χ3n) is 5.46. The predicted octanol–water partition coefficient (Wildman–Crippen LogP) is 2.91. The van der Waals surface area contributed by atoms with Crippen molar-refractivity contribution in [3.05, 3.63) is 34.9 Å². The minimum atomic E-state index is -0.844. The smallest absolute Gasteiger partial charge is 0.308 e. The highest BCUT2D eigenvalue weighted by Crippen LogP contribution is 2.49. The van der Waals surface area contributed by atoms with Gasteiger partial charge >= 0.3 is 5.97 Å². The molecule has 5 nitrogen and oxygen atoms in total. The quantitative estimate of drug-likeness (QED) is 0.779. The summed E-state index contributed by atoms with van der Waals surface area (Å²) in [7, 11) is 0. The monoisotopic (exact) mass is 365 g/mol. The summed E-state index contributed by atoms with van der Waals surface area (Å²) in [5.41, 5.74) is 0.542. The molecule has 2 N–H and O–H groups in total. The van der Waals surface area contributed by atoms with Gasteiger partial charge in [-0.25, -0.2) is 0 Å². The van der Waals surface area contributed by atoms with Crippen LogP contribution in [-0.4, -0.2) is 36.7 Å². The SMILES string of the molecule is O=C(O)C(CNC(=O)C1(Cc2ccccc2Cl)CC1)C1CCOCC1. The van der Waals surface area contributed by atoms with Crippen molar-refractivity contribution in [2.45, 2.75) is 32.1 Å². The highest BCUT2D eigenvalue weighted by molar-refractivity contribution is 6.31. The van der Waals surface area contributed by atoms with Crippen LogP contribution in [0.25, 0.3) is 0 Å². The molecule has 136 valence electrons. The molecule has 6 heteroatoms. The van der Waals surface area contributed by atoms with Gasteiger partial charge in [-0.3, -0.25) is 9.59 Å². The Balaban J connectivity index is 1.59. The molecule has 0 aromatic heterocycles. The second kappa shape index (κ2) is 7.75. The summed E-state index contributed by atoms with van der Waals surface area (Å²) in [6, 6.07) is 7.56. The summed E-state index contributed by atoms with van der Waals surface area (Å²) in [6.45, 7) is 1.38. The average Bonchev–Trinajstić information content (AvgIpc) is 3.38.